The minimum Gasteiger partial charge on any atom is -0.322 e. The van der Waals surface area contributed by atoms with Crippen LogP contribution in [0.1, 0.15) is 29.3 Å². The van der Waals surface area contributed by atoms with E-state index in [0.717, 1.165) is 24.1 Å². The maximum Gasteiger partial charge on any atom is 0.258 e. The van der Waals surface area contributed by atoms with Crippen molar-refractivity contribution in [1.29, 1.82) is 0 Å². The zero-order valence-electron chi connectivity index (χ0n) is 11.1. The van der Waals surface area contributed by atoms with Crippen LogP contribution in [0, 0.1) is 5.82 Å². The van der Waals surface area contributed by atoms with E-state index in [1.165, 1.54) is 6.07 Å². The minimum atomic E-state index is -0.544. The first-order chi connectivity index (χ1) is 9.63. The zero-order chi connectivity index (χ0) is 14.5. The molecule has 2 rings (SSSR count). The molecule has 0 bridgehead atoms. The highest BCUT2D eigenvalue weighted by atomic mass is 79.9. The highest BCUT2D eigenvalue weighted by Gasteiger charge is 2.14. The summed E-state index contributed by atoms with van der Waals surface area (Å²) in [6.45, 7) is 2.08. The highest BCUT2D eigenvalue weighted by Crippen LogP contribution is 2.21. The number of carbonyl (C=O) groups is 1. The van der Waals surface area contributed by atoms with Crippen LogP contribution < -0.4 is 5.32 Å². The maximum absolute atomic E-state index is 13.9. The lowest BCUT2D eigenvalue weighted by Crippen LogP contribution is -2.15. The van der Waals surface area contributed by atoms with Gasteiger partial charge in [0.2, 0.25) is 0 Å². The van der Waals surface area contributed by atoms with Crippen LogP contribution in [0.3, 0.4) is 0 Å². The number of amides is 1. The molecule has 0 fully saturated rings. The van der Waals surface area contributed by atoms with Gasteiger partial charge in [-0.05, 0) is 46.1 Å². The topological polar surface area (TPSA) is 29.1 Å². The Morgan fingerprint density at radius 3 is 2.70 bits per heavy atom. The molecule has 1 amide bonds. The van der Waals surface area contributed by atoms with Gasteiger partial charge in [0, 0.05) is 5.69 Å². The molecular weight excluding hydrogens is 321 g/mol. The summed E-state index contributed by atoms with van der Waals surface area (Å²) >= 11 is 3.08. The fraction of sp³-hybridized carbons (Fsp3) is 0.188. The second-order valence-corrected chi connectivity index (χ2v) is 5.32. The van der Waals surface area contributed by atoms with E-state index < -0.39 is 11.7 Å². The molecule has 0 aliphatic heterocycles. The predicted octanol–water partition coefficient (Wildman–Crippen LogP) is 4.79. The SMILES string of the molecule is CCCc1ccccc1NC(=O)c1cccc(Br)c1F. The molecule has 0 unspecified atom stereocenters. The monoisotopic (exact) mass is 335 g/mol. The highest BCUT2D eigenvalue weighted by molar-refractivity contribution is 9.10. The summed E-state index contributed by atoms with van der Waals surface area (Å²) in [4.78, 5) is 12.2. The summed E-state index contributed by atoms with van der Waals surface area (Å²) in [5.74, 6) is -0.981. The number of aryl methyl sites for hydroxylation is 1. The van der Waals surface area contributed by atoms with Crippen LogP contribution in [-0.2, 0) is 6.42 Å². The number of para-hydroxylation sites is 1. The smallest absolute Gasteiger partial charge is 0.258 e. The normalized spacial score (nSPS) is 10.3. The summed E-state index contributed by atoms with van der Waals surface area (Å²) in [6, 6.07) is 12.3. The van der Waals surface area contributed by atoms with Crippen LogP contribution in [-0.4, -0.2) is 5.91 Å². The van der Waals surface area contributed by atoms with Gasteiger partial charge in [0.1, 0.15) is 5.82 Å². The van der Waals surface area contributed by atoms with E-state index in [2.05, 4.69) is 28.2 Å². The van der Waals surface area contributed by atoms with Gasteiger partial charge in [0.05, 0.1) is 10.0 Å². The van der Waals surface area contributed by atoms with Crippen molar-refractivity contribution in [2.75, 3.05) is 5.32 Å². The number of benzene rings is 2. The van der Waals surface area contributed by atoms with E-state index >= 15 is 0 Å². The van der Waals surface area contributed by atoms with E-state index in [1.807, 2.05) is 24.3 Å². The van der Waals surface area contributed by atoms with Crippen LogP contribution in [0.15, 0.2) is 46.9 Å². The van der Waals surface area contributed by atoms with Crippen LogP contribution in [0.2, 0.25) is 0 Å². The average Bonchev–Trinajstić information content (AvgIpc) is 2.44. The molecule has 0 atom stereocenters. The van der Waals surface area contributed by atoms with Crippen molar-refractivity contribution in [3.05, 3.63) is 63.9 Å². The largest absolute Gasteiger partial charge is 0.322 e. The van der Waals surface area contributed by atoms with Crippen molar-refractivity contribution >= 4 is 27.5 Å². The lowest BCUT2D eigenvalue weighted by molar-refractivity contribution is 0.102. The molecule has 4 heteroatoms. The molecule has 0 heterocycles. The standard InChI is InChI=1S/C16H15BrFNO/c1-2-6-11-7-3-4-10-14(11)19-16(20)12-8-5-9-13(17)15(12)18/h3-5,7-10H,2,6H2,1H3,(H,19,20). The van der Waals surface area contributed by atoms with Crippen LogP contribution in [0.5, 0.6) is 0 Å². The van der Waals surface area contributed by atoms with Gasteiger partial charge >= 0.3 is 0 Å². The second kappa shape index (κ2) is 6.66. The van der Waals surface area contributed by atoms with E-state index in [0.29, 0.717) is 0 Å². The lowest BCUT2D eigenvalue weighted by atomic mass is 10.1. The molecule has 2 aromatic carbocycles. The molecular formula is C16H15BrFNO. The maximum atomic E-state index is 13.9. The molecule has 0 spiro atoms. The van der Waals surface area contributed by atoms with Crippen LogP contribution >= 0.6 is 15.9 Å². The van der Waals surface area contributed by atoms with E-state index in [1.54, 1.807) is 12.1 Å². The number of carbonyl (C=O) groups excluding carboxylic acids is 1. The Labute approximate surface area is 126 Å². The van der Waals surface area contributed by atoms with Crippen molar-refractivity contribution in [1.82, 2.24) is 0 Å². The first-order valence-corrected chi connectivity index (χ1v) is 7.26. The molecule has 0 saturated carbocycles. The summed E-state index contributed by atoms with van der Waals surface area (Å²) in [5, 5.41) is 2.78. The number of rotatable bonds is 4. The van der Waals surface area contributed by atoms with E-state index in [-0.39, 0.29) is 10.0 Å². The number of halogens is 2. The molecule has 104 valence electrons. The molecule has 20 heavy (non-hydrogen) atoms. The Bertz CT molecular complexity index is 628. The van der Waals surface area contributed by atoms with Crippen molar-refractivity contribution in [2.24, 2.45) is 0 Å². The summed E-state index contributed by atoms with van der Waals surface area (Å²) in [7, 11) is 0. The molecule has 2 aromatic rings. The summed E-state index contributed by atoms with van der Waals surface area (Å²) < 4.78 is 14.2. The molecule has 0 aromatic heterocycles. The molecule has 0 radical (unpaired) electrons. The minimum absolute atomic E-state index is 0.0330. The second-order valence-electron chi connectivity index (χ2n) is 4.46. The quantitative estimate of drug-likeness (QED) is 0.854. The fourth-order valence-corrected chi connectivity index (χ4v) is 2.36. The fourth-order valence-electron chi connectivity index (χ4n) is 2.00. The third-order valence-electron chi connectivity index (χ3n) is 2.98. The van der Waals surface area contributed by atoms with Crippen LogP contribution in [0.4, 0.5) is 10.1 Å². The molecule has 0 aliphatic rings. The molecule has 2 nitrogen and oxygen atoms in total. The van der Waals surface area contributed by atoms with Gasteiger partial charge in [-0.25, -0.2) is 4.39 Å². The van der Waals surface area contributed by atoms with Gasteiger partial charge in [0.15, 0.2) is 0 Å². The molecule has 0 aliphatic carbocycles. The Balaban J connectivity index is 2.26. The van der Waals surface area contributed by atoms with Gasteiger partial charge in [-0.2, -0.15) is 0 Å². The van der Waals surface area contributed by atoms with Crippen molar-refractivity contribution in [2.45, 2.75) is 19.8 Å². The van der Waals surface area contributed by atoms with Crippen molar-refractivity contribution in [3.8, 4) is 0 Å². The van der Waals surface area contributed by atoms with Gasteiger partial charge < -0.3 is 5.32 Å². The number of hydrogen-bond acceptors (Lipinski definition) is 1. The number of hydrogen-bond donors (Lipinski definition) is 1. The van der Waals surface area contributed by atoms with Gasteiger partial charge in [-0.3, -0.25) is 4.79 Å². The third-order valence-corrected chi connectivity index (χ3v) is 3.59. The zero-order valence-corrected chi connectivity index (χ0v) is 12.7. The van der Waals surface area contributed by atoms with Crippen molar-refractivity contribution < 1.29 is 9.18 Å². The Morgan fingerprint density at radius 1 is 1.20 bits per heavy atom. The number of anilines is 1. The summed E-state index contributed by atoms with van der Waals surface area (Å²) in [5.41, 5.74) is 1.82. The number of nitrogens with one attached hydrogen (secondary N) is 1. The van der Waals surface area contributed by atoms with E-state index in [9.17, 15) is 9.18 Å². The molecule has 1 N–H and O–H groups in total. The van der Waals surface area contributed by atoms with Gasteiger partial charge in [0.25, 0.3) is 5.91 Å². The Hall–Kier alpha value is -1.68. The van der Waals surface area contributed by atoms with Crippen LogP contribution in [0.25, 0.3) is 0 Å². The van der Waals surface area contributed by atoms with Crippen molar-refractivity contribution in [3.63, 3.8) is 0 Å². The first-order valence-electron chi connectivity index (χ1n) is 6.46. The Kier molecular flexibility index (Phi) is 4.90. The third kappa shape index (κ3) is 3.25. The average molecular weight is 336 g/mol. The van der Waals surface area contributed by atoms with E-state index in [4.69, 9.17) is 0 Å². The Morgan fingerprint density at radius 2 is 1.95 bits per heavy atom. The lowest BCUT2D eigenvalue weighted by Gasteiger charge is -2.11. The predicted molar refractivity (Wildman–Crippen MR) is 82.5 cm³/mol. The van der Waals surface area contributed by atoms with Gasteiger partial charge in [-0.1, -0.05) is 37.6 Å². The van der Waals surface area contributed by atoms with Gasteiger partial charge in [-0.15, -0.1) is 0 Å². The first kappa shape index (κ1) is 14.7. The summed E-state index contributed by atoms with van der Waals surface area (Å²) in [6.07, 6.45) is 1.86. The molecule has 0 saturated heterocycles.